The lowest BCUT2D eigenvalue weighted by atomic mass is 9.95. The molecule has 0 unspecified atom stereocenters. The number of hydrogen-bond acceptors (Lipinski definition) is 3. The molecule has 0 spiro atoms. The number of carbonyl (C=O) groups is 1. The van der Waals surface area contributed by atoms with Gasteiger partial charge < -0.3 is 10.4 Å². The fourth-order valence-corrected chi connectivity index (χ4v) is 2.48. The fourth-order valence-electron chi connectivity index (χ4n) is 1.73. The monoisotopic (exact) mass is 203 g/mol. The van der Waals surface area contributed by atoms with E-state index in [4.69, 9.17) is 5.11 Å². The number of aliphatic carboxylic acids is 1. The second-order valence-corrected chi connectivity index (χ2v) is 4.62. The van der Waals surface area contributed by atoms with Crippen molar-refractivity contribution in [3.63, 3.8) is 0 Å². The topological polar surface area (TPSA) is 49.3 Å². The second kappa shape index (κ2) is 5.50. The van der Waals surface area contributed by atoms with Gasteiger partial charge in [-0.15, -0.1) is 0 Å². The van der Waals surface area contributed by atoms with Crippen molar-refractivity contribution in [3.8, 4) is 0 Å². The lowest BCUT2D eigenvalue weighted by Crippen LogP contribution is -2.36. The van der Waals surface area contributed by atoms with Gasteiger partial charge in [0.05, 0.1) is 6.54 Å². The highest BCUT2D eigenvalue weighted by molar-refractivity contribution is 7.99. The Bertz CT molecular complexity index is 167. The molecule has 0 saturated heterocycles. The molecule has 0 aliphatic heterocycles. The molecule has 0 aromatic carbocycles. The van der Waals surface area contributed by atoms with Crippen LogP contribution >= 0.6 is 11.8 Å². The van der Waals surface area contributed by atoms with Crippen LogP contribution in [0.4, 0.5) is 0 Å². The number of nitrogens with one attached hydrogen (secondary N) is 1. The molecule has 1 rings (SSSR count). The molecule has 0 bridgehead atoms. The fraction of sp³-hybridized carbons (Fsp3) is 0.889. The van der Waals surface area contributed by atoms with Crippen molar-refractivity contribution in [1.29, 1.82) is 0 Å². The first kappa shape index (κ1) is 10.9. The molecule has 0 heterocycles. The van der Waals surface area contributed by atoms with Crippen LogP contribution < -0.4 is 5.32 Å². The maximum atomic E-state index is 10.3. The molecule has 2 N–H and O–H groups in total. The highest BCUT2D eigenvalue weighted by atomic mass is 32.2. The van der Waals surface area contributed by atoms with Crippen LogP contribution in [-0.4, -0.2) is 35.2 Å². The van der Waals surface area contributed by atoms with Crippen LogP contribution in [0, 0.1) is 0 Å². The molecule has 0 aromatic heterocycles. The summed E-state index contributed by atoms with van der Waals surface area (Å²) in [5, 5.41) is 12.3. The largest absolute Gasteiger partial charge is 0.480 e. The summed E-state index contributed by atoms with van der Waals surface area (Å²) in [5.41, 5.74) is 0. The van der Waals surface area contributed by atoms with Crippen molar-refractivity contribution in [3.05, 3.63) is 0 Å². The van der Waals surface area contributed by atoms with Crippen LogP contribution in [0.1, 0.15) is 25.7 Å². The van der Waals surface area contributed by atoms with E-state index in [2.05, 4.69) is 11.6 Å². The van der Waals surface area contributed by atoms with E-state index in [0.717, 1.165) is 18.1 Å². The molecule has 3 nitrogen and oxygen atoms in total. The van der Waals surface area contributed by atoms with Crippen LogP contribution in [0.25, 0.3) is 0 Å². The molecule has 1 fully saturated rings. The van der Waals surface area contributed by atoms with Gasteiger partial charge in [-0.3, -0.25) is 4.79 Å². The summed E-state index contributed by atoms with van der Waals surface area (Å²) in [4.78, 5) is 10.3. The van der Waals surface area contributed by atoms with Crippen molar-refractivity contribution < 1.29 is 9.90 Å². The van der Waals surface area contributed by atoms with Gasteiger partial charge in [0.15, 0.2) is 0 Å². The summed E-state index contributed by atoms with van der Waals surface area (Å²) in [6, 6.07) is 0.430. The Morgan fingerprint density at radius 1 is 1.46 bits per heavy atom. The van der Waals surface area contributed by atoms with E-state index in [1.165, 1.54) is 12.8 Å². The van der Waals surface area contributed by atoms with E-state index in [-0.39, 0.29) is 6.54 Å². The number of hydrogen-bond donors (Lipinski definition) is 2. The Balaban J connectivity index is 2.14. The first-order valence-corrected chi connectivity index (χ1v) is 5.99. The third-order valence-electron chi connectivity index (χ3n) is 2.55. The van der Waals surface area contributed by atoms with Crippen molar-refractivity contribution >= 4 is 17.7 Å². The van der Waals surface area contributed by atoms with Crippen LogP contribution in [0.3, 0.4) is 0 Å². The third-order valence-corrected chi connectivity index (χ3v) is 3.69. The SMILES string of the molecule is CSC1CCC(NCC(=O)O)CC1. The molecule has 1 aliphatic carbocycles. The molecule has 4 heteroatoms. The second-order valence-electron chi connectivity index (χ2n) is 3.48. The van der Waals surface area contributed by atoms with Gasteiger partial charge in [-0.2, -0.15) is 11.8 Å². The quantitative estimate of drug-likeness (QED) is 0.724. The van der Waals surface area contributed by atoms with E-state index in [9.17, 15) is 4.79 Å². The summed E-state index contributed by atoms with van der Waals surface area (Å²) in [6.45, 7) is 0.106. The maximum Gasteiger partial charge on any atom is 0.317 e. The van der Waals surface area contributed by atoms with E-state index in [1.54, 1.807) is 0 Å². The first-order valence-electron chi connectivity index (χ1n) is 4.70. The van der Waals surface area contributed by atoms with Crippen molar-refractivity contribution in [2.75, 3.05) is 12.8 Å². The van der Waals surface area contributed by atoms with Crippen molar-refractivity contribution in [2.24, 2.45) is 0 Å². The van der Waals surface area contributed by atoms with Gasteiger partial charge in [0.1, 0.15) is 0 Å². The summed E-state index contributed by atoms with van der Waals surface area (Å²) in [7, 11) is 0. The van der Waals surface area contributed by atoms with Gasteiger partial charge in [-0.05, 0) is 31.9 Å². The van der Waals surface area contributed by atoms with Crippen LogP contribution in [-0.2, 0) is 4.79 Å². The summed E-state index contributed by atoms with van der Waals surface area (Å²) in [5.74, 6) is -0.757. The molecule has 13 heavy (non-hydrogen) atoms. The van der Waals surface area contributed by atoms with Gasteiger partial charge in [-0.1, -0.05) is 0 Å². The van der Waals surface area contributed by atoms with Gasteiger partial charge >= 0.3 is 5.97 Å². The van der Waals surface area contributed by atoms with Crippen LogP contribution in [0.15, 0.2) is 0 Å². The zero-order chi connectivity index (χ0) is 9.68. The van der Waals surface area contributed by atoms with Gasteiger partial charge in [0.25, 0.3) is 0 Å². The number of rotatable bonds is 4. The van der Waals surface area contributed by atoms with Gasteiger partial charge in [0, 0.05) is 11.3 Å². The van der Waals surface area contributed by atoms with Crippen molar-refractivity contribution in [2.45, 2.75) is 37.0 Å². The van der Waals surface area contributed by atoms with E-state index in [1.807, 2.05) is 11.8 Å². The van der Waals surface area contributed by atoms with E-state index >= 15 is 0 Å². The zero-order valence-electron chi connectivity index (χ0n) is 7.95. The Morgan fingerprint density at radius 3 is 2.54 bits per heavy atom. The molecule has 1 saturated carbocycles. The highest BCUT2D eigenvalue weighted by Crippen LogP contribution is 2.26. The molecule has 0 aromatic rings. The minimum Gasteiger partial charge on any atom is -0.480 e. The van der Waals surface area contributed by atoms with Gasteiger partial charge in [0.2, 0.25) is 0 Å². The molecule has 0 radical (unpaired) electrons. The lowest BCUT2D eigenvalue weighted by Gasteiger charge is -2.27. The lowest BCUT2D eigenvalue weighted by molar-refractivity contribution is -0.136. The smallest absolute Gasteiger partial charge is 0.317 e. The molecule has 0 atom stereocenters. The summed E-state index contributed by atoms with van der Waals surface area (Å²) in [6.07, 6.45) is 6.84. The molecular weight excluding hydrogens is 186 g/mol. The molecule has 0 amide bonds. The molecule has 76 valence electrons. The average molecular weight is 203 g/mol. The van der Waals surface area contributed by atoms with Crippen molar-refractivity contribution in [1.82, 2.24) is 5.32 Å². The number of thioether (sulfide) groups is 1. The standard InChI is InChI=1S/C9H17NO2S/c1-13-8-4-2-7(3-5-8)10-6-9(11)12/h7-8,10H,2-6H2,1H3,(H,11,12). The number of carboxylic acid groups (broad SMARTS) is 1. The predicted octanol–water partition coefficient (Wildman–Crippen LogP) is 1.33. The van der Waals surface area contributed by atoms with Crippen LogP contribution in [0.2, 0.25) is 0 Å². The maximum absolute atomic E-state index is 10.3. The summed E-state index contributed by atoms with van der Waals surface area (Å²) < 4.78 is 0. The Kier molecular flexibility index (Phi) is 4.59. The van der Waals surface area contributed by atoms with Crippen LogP contribution in [0.5, 0.6) is 0 Å². The Morgan fingerprint density at radius 2 is 2.08 bits per heavy atom. The first-order chi connectivity index (χ1) is 6.22. The Labute approximate surface area is 83.3 Å². The predicted molar refractivity (Wildman–Crippen MR) is 55.2 cm³/mol. The van der Waals surface area contributed by atoms with E-state index < -0.39 is 5.97 Å². The van der Waals surface area contributed by atoms with E-state index in [0.29, 0.717) is 6.04 Å². The molecular formula is C9H17NO2S. The highest BCUT2D eigenvalue weighted by Gasteiger charge is 2.20. The average Bonchev–Trinajstić information content (AvgIpc) is 2.15. The minimum atomic E-state index is -0.757. The molecule has 1 aliphatic rings. The van der Waals surface area contributed by atoms with Gasteiger partial charge in [-0.25, -0.2) is 0 Å². The summed E-state index contributed by atoms with van der Waals surface area (Å²) >= 11 is 1.93. The zero-order valence-corrected chi connectivity index (χ0v) is 8.77. The third kappa shape index (κ3) is 4.00. The number of carboxylic acids is 1. The Hall–Kier alpha value is -0.220. The minimum absolute atomic E-state index is 0.106. The normalized spacial score (nSPS) is 28.7.